The Morgan fingerprint density at radius 3 is 2.47 bits per heavy atom. The summed E-state index contributed by atoms with van der Waals surface area (Å²) in [7, 11) is -3.82. The van der Waals surface area contributed by atoms with Gasteiger partial charge in [-0.1, -0.05) is 0 Å². The van der Waals surface area contributed by atoms with Crippen LogP contribution in [0.25, 0.3) is 0 Å². The fourth-order valence-electron chi connectivity index (χ4n) is 0.755. The van der Waals surface area contributed by atoms with Gasteiger partial charge in [0.1, 0.15) is 0 Å². The standard InChI is InChI=1S/C9H12BrNO4S2/c1-9(2,3)8(12)15-11-17(13,14)7-6(10)4-5-16-7/h4-5,11H,1-3H3. The largest absolute Gasteiger partial charge is 0.355 e. The van der Waals surface area contributed by atoms with Gasteiger partial charge in [0.25, 0.3) is 10.0 Å². The molecule has 0 bridgehead atoms. The van der Waals surface area contributed by atoms with Gasteiger partial charge in [0.05, 0.1) is 5.41 Å². The summed E-state index contributed by atoms with van der Waals surface area (Å²) < 4.78 is 24.0. The molecule has 1 N–H and O–H groups in total. The van der Waals surface area contributed by atoms with Crippen molar-refractivity contribution in [3.8, 4) is 0 Å². The molecular weight excluding hydrogens is 330 g/mol. The molecular formula is C9H12BrNO4S2. The monoisotopic (exact) mass is 341 g/mol. The van der Waals surface area contributed by atoms with Crippen LogP contribution in [0.15, 0.2) is 20.1 Å². The van der Waals surface area contributed by atoms with Crippen molar-refractivity contribution >= 4 is 43.3 Å². The molecule has 1 heterocycles. The third kappa shape index (κ3) is 3.77. The van der Waals surface area contributed by atoms with E-state index >= 15 is 0 Å². The second-order valence-electron chi connectivity index (χ2n) is 4.28. The first kappa shape index (κ1) is 14.6. The molecule has 0 saturated heterocycles. The third-order valence-corrected chi connectivity index (χ3v) is 5.53. The lowest BCUT2D eigenvalue weighted by Gasteiger charge is -2.15. The summed E-state index contributed by atoms with van der Waals surface area (Å²) in [6, 6.07) is 1.60. The van der Waals surface area contributed by atoms with Crippen LogP contribution < -0.4 is 4.89 Å². The van der Waals surface area contributed by atoms with Crippen LogP contribution in [0.4, 0.5) is 0 Å². The molecule has 0 saturated carbocycles. The van der Waals surface area contributed by atoms with Gasteiger partial charge in [0.15, 0.2) is 4.21 Å². The summed E-state index contributed by atoms with van der Waals surface area (Å²) in [5.74, 6) is -0.645. The molecule has 0 radical (unpaired) electrons. The molecule has 5 nitrogen and oxygen atoms in total. The van der Waals surface area contributed by atoms with E-state index in [2.05, 4.69) is 20.8 Å². The van der Waals surface area contributed by atoms with Crippen molar-refractivity contribution in [2.75, 3.05) is 0 Å². The van der Waals surface area contributed by atoms with E-state index in [0.29, 0.717) is 4.47 Å². The topological polar surface area (TPSA) is 72.5 Å². The molecule has 0 aromatic carbocycles. The maximum Gasteiger partial charge on any atom is 0.331 e. The van der Waals surface area contributed by atoms with E-state index in [-0.39, 0.29) is 4.21 Å². The van der Waals surface area contributed by atoms with Crippen LogP contribution in [0.2, 0.25) is 0 Å². The number of hydrogen-bond donors (Lipinski definition) is 1. The van der Waals surface area contributed by atoms with Gasteiger partial charge in [-0.05, 0) is 53.0 Å². The Labute approximate surface area is 112 Å². The summed E-state index contributed by atoms with van der Waals surface area (Å²) >= 11 is 4.13. The van der Waals surface area contributed by atoms with Crippen molar-refractivity contribution in [3.05, 3.63) is 15.9 Å². The van der Waals surface area contributed by atoms with Crippen LogP contribution in [-0.4, -0.2) is 14.4 Å². The minimum Gasteiger partial charge on any atom is -0.355 e. The van der Waals surface area contributed by atoms with Crippen molar-refractivity contribution in [1.29, 1.82) is 0 Å². The van der Waals surface area contributed by atoms with Crippen LogP contribution in [0.5, 0.6) is 0 Å². The third-order valence-electron chi connectivity index (χ3n) is 1.68. The molecule has 0 aliphatic carbocycles. The fourth-order valence-corrected chi connectivity index (χ4v) is 3.85. The summed E-state index contributed by atoms with van der Waals surface area (Å²) in [4.78, 5) is 17.8. The van der Waals surface area contributed by atoms with Crippen molar-refractivity contribution < 1.29 is 18.0 Å². The quantitative estimate of drug-likeness (QED) is 0.856. The van der Waals surface area contributed by atoms with Crippen LogP contribution in [0, 0.1) is 5.41 Å². The minimum absolute atomic E-state index is 0.0687. The van der Waals surface area contributed by atoms with Gasteiger partial charge >= 0.3 is 5.97 Å². The molecule has 0 fully saturated rings. The molecule has 0 aliphatic rings. The van der Waals surface area contributed by atoms with Crippen LogP contribution in [0.3, 0.4) is 0 Å². The molecule has 17 heavy (non-hydrogen) atoms. The zero-order valence-corrected chi connectivity index (χ0v) is 12.7. The lowest BCUT2D eigenvalue weighted by Crippen LogP contribution is -2.33. The van der Waals surface area contributed by atoms with Crippen LogP contribution >= 0.6 is 27.3 Å². The fraction of sp³-hybridized carbons (Fsp3) is 0.444. The summed E-state index contributed by atoms with van der Waals surface area (Å²) in [6.45, 7) is 4.89. The molecule has 0 aliphatic heterocycles. The number of nitrogens with one attached hydrogen (secondary N) is 1. The van der Waals surface area contributed by atoms with E-state index in [0.717, 1.165) is 11.3 Å². The highest BCUT2D eigenvalue weighted by molar-refractivity contribution is 9.10. The summed E-state index contributed by atoms with van der Waals surface area (Å²) in [5.41, 5.74) is -0.769. The molecule has 1 aromatic heterocycles. The first-order chi connectivity index (χ1) is 7.64. The second-order valence-corrected chi connectivity index (χ2v) is 7.89. The first-order valence-electron chi connectivity index (χ1n) is 4.60. The molecule has 96 valence electrons. The average Bonchev–Trinajstić information content (AvgIpc) is 2.60. The SMILES string of the molecule is CC(C)(C)C(=O)ONS(=O)(=O)c1sccc1Br. The summed E-state index contributed by atoms with van der Waals surface area (Å²) in [5, 5.41) is 1.62. The second kappa shape index (κ2) is 5.05. The lowest BCUT2D eigenvalue weighted by atomic mass is 9.98. The molecule has 1 rings (SSSR count). The molecule has 8 heteroatoms. The number of rotatable bonds is 3. The smallest absolute Gasteiger partial charge is 0.331 e. The predicted molar refractivity (Wildman–Crippen MR) is 67.9 cm³/mol. The normalized spacial score (nSPS) is 12.5. The van der Waals surface area contributed by atoms with E-state index < -0.39 is 21.4 Å². The Kier molecular flexibility index (Phi) is 4.34. The van der Waals surface area contributed by atoms with Crippen LogP contribution in [-0.2, 0) is 19.7 Å². The van der Waals surface area contributed by atoms with Gasteiger partial charge in [0.2, 0.25) is 0 Å². The number of halogens is 1. The Balaban J connectivity index is 2.77. The minimum atomic E-state index is -3.82. The van der Waals surface area contributed by atoms with Gasteiger partial charge in [0, 0.05) is 4.47 Å². The number of carbonyl (C=O) groups is 1. The zero-order chi connectivity index (χ0) is 13.3. The summed E-state index contributed by atoms with van der Waals surface area (Å²) in [6.07, 6.45) is 0. The predicted octanol–water partition coefficient (Wildman–Crippen LogP) is 2.29. The van der Waals surface area contributed by atoms with Crippen molar-refractivity contribution in [3.63, 3.8) is 0 Å². The number of carbonyl (C=O) groups excluding carboxylic acids is 1. The van der Waals surface area contributed by atoms with Gasteiger partial charge in [-0.15, -0.1) is 11.3 Å². The lowest BCUT2D eigenvalue weighted by molar-refractivity contribution is -0.156. The highest BCUT2D eigenvalue weighted by Gasteiger charge is 2.27. The Bertz CT molecular complexity index is 515. The van der Waals surface area contributed by atoms with E-state index in [1.165, 1.54) is 0 Å². The molecule has 0 unspecified atom stereocenters. The maximum atomic E-state index is 11.7. The van der Waals surface area contributed by atoms with Crippen molar-refractivity contribution in [2.24, 2.45) is 5.41 Å². The van der Waals surface area contributed by atoms with E-state index in [1.54, 1.807) is 32.2 Å². The molecule has 0 spiro atoms. The number of hydrogen-bond acceptors (Lipinski definition) is 5. The van der Waals surface area contributed by atoms with Crippen molar-refractivity contribution in [2.45, 2.75) is 25.0 Å². The molecule has 0 amide bonds. The van der Waals surface area contributed by atoms with E-state index in [9.17, 15) is 13.2 Å². The Morgan fingerprint density at radius 1 is 1.47 bits per heavy atom. The van der Waals surface area contributed by atoms with Crippen LogP contribution in [0.1, 0.15) is 20.8 Å². The average molecular weight is 342 g/mol. The molecule has 0 atom stereocenters. The van der Waals surface area contributed by atoms with Gasteiger partial charge in [-0.2, -0.15) is 0 Å². The van der Waals surface area contributed by atoms with E-state index in [1.807, 2.05) is 4.89 Å². The number of thiophene rings is 1. The first-order valence-corrected chi connectivity index (χ1v) is 7.76. The van der Waals surface area contributed by atoms with E-state index in [4.69, 9.17) is 0 Å². The van der Waals surface area contributed by atoms with Gasteiger partial charge < -0.3 is 4.84 Å². The highest BCUT2D eigenvalue weighted by Crippen LogP contribution is 2.27. The zero-order valence-electron chi connectivity index (χ0n) is 9.48. The van der Waals surface area contributed by atoms with Crippen molar-refractivity contribution in [1.82, 2.24) is 4.89 Å². The highest BCUT2D eigenvalue weighted by atomic mass is 79.9. The van der Waals surface area contributed by atoms with Gasteiger partial charge in [-0.3, -0.25) is 0 Å². The maximum absolute atomic E-state index is 11.7. The van der Waals surface area contributed by atoms with Gasteiger partial charge in [-0.25, -0.2) is 13.2 Å². The Morgan fingerprint density at radius 2 is 2.06 bits per heavy atom. The molecule has 1 aromatic rings. The number of sulfonamides is 1. The Hall–Kier alpha value is -0.440.